The maximum Gasteiger partial charge on any atom is 0.214 e. The van der Waals surface area contributed by atoms with E-state index in [1.807, 2.05) is 22.6 Å². The fourth-order valence-electron chi connectivity index (χ4n) is 2.84. The molecular formula is C15H25N3O4S. The van der Waals surface area contributed by atoms with Crippen LogP contribution in [-0.4, -0.2) is 72.1 Å². The smallest absolute Gasteiger partial charge is 0.214 e. The van der Waals surface area contributed by atoms with Crippen molar-refractivity contribution in [3.05, 3.63) is 23.5 Å². The van der Waals surface area contributed by atoms with Crippen molar-refractivity contribution in [3.63, 3.8) is 0 Å². The molecule has 1 aromatic heterocycles. The number of likely N-dealkylation sites (tertiary alicyclic amines) is 1. The summed E-state index contributed by atoms with van der Waals surface area (Å²) < 4.78 is 27.1. The van der Waals surface area contributed by atoms with Crippen molar-refractivity contribution < 1.29 is 18.3 Å². The molecule has 23 heavy (non-hydrogen) atoms. The summed E-state index contributed by atoms with van der Waals surface area (Å²) in [5.74, 6) is -0.332. The third kappa shape index (κ3) is 4.20. The molecule has 130 valence electrons. The van der Waals surface area contributed by atoms with E-state index in [-0.39, 0.29) is 17.5 Å². The number of aliphatic hydroxyl groups is 1. The summed E-state index contributed by atoms with van der Waals surface area (Å²) in [5, 5.41) is 10.2. The molecule has 0 radical (unpaired) electrons. The Morgan fingerprint density at radius 1 is 1.39 bits per heavy atom. The van der Waals surface area contributed by atoms with Crippen molar-refractivity contribution in [1.82, 2.24) is 13.8 Å². The van der Waals surface area contributed by atoms with Crippen LogP contribution in [-0.2, 0) is 23.6 Å². The Morgan fingerprint density at radius 2 is 2.04 bits per heavy atom. The van der Waals surface area contributed by atoms with E-state index in [9.17, 15) is 18.3 Å². The highest BCUT2D eigenvalue weighted by atomic mass is 32.2. The molecule has 1 aliphatic rings. The van der Waals surface area contributed by atoms with Gasteiger partial charge in [-0.2, -0.15) is 0 Å². The first-order valence-corrected chi connectivity index (χ1v) is 9.18. The Labute approximate surface area is 137 Å². The molecule has 1 fully saturated rings. The van der Waals surface area contributed by atoms with Crippen LogP contribution in [0.4, 0.5) is 0 Å². The zero-order valence-corrected chi connectivity index (χ0v) is 14.9. The molecule has 1 aliphatic heterocycles. The number of nitrogens with zero attached hydrogens (tertiary/aromatic N) is 3. The number of β-amino-alcohol motifs (C(OH)–C–C–N with tert-alkyl or cyclic N) is 1. The molecule has 0 saturated carbocycles. The largest absolute Gasteiger partial charge is 0.391 e. The van der Waals surface area contributed by atoms with Crippen LogP contribution in [0.25, 0.3) is 0 Å². The summed E-state index contributed by atoms with van der Waals surface area (Å²) in [7, 11) is 1.55. The zero-order chi connectivity index (χ0) is 17.4. The highest BCUT2D eigenvalue weighted by Crippen LogP contribution is 2.22. The fraction of sp³-hybridized carbons (Fsp3) is 0.667. The van der Waals surface area contributed by atoms with E-state index in [0.29, 0.717) is 25.2 Å². The van der Waals surface area contributed by atoms with E-state index >= 15 is 0 Å². The lowest BCUT2D eigenvalue weighted by Gasteiger charge is -2.18. The van der Waals surface area contributed by atoms with Crippen LogP contribution in [0.15, 0.2) is 12.3 Å². The lowest BCUT2D eigenvalue weighted by molar-refractivity contribution is 0.101. The molecule has 0 aliphatic carbocycles. The number of hydrogen-bond donors (Lipinski definition) is 1. The second kappa shape index (κ2) is 6.72. The van der Waals surface area contributed by atoms with Gasteiger partial charge in [-0.1, -0.05) is 0 Å². The summed E-state index contributed by atoms with van der Waals surface area (Å²) in [5.41, 5.74) is 1.63. The summed E-state index contributed by atoms with van der Waals surface area (Å²) >= 11 is 0. The van der Waals surface area contributed by atoms with Gasteiger partial charge in [-0.05, 0) is 13.0 Å². The molecule has 0 spiro atoms. The molecular weight excluding hydrogens is 318 g/mol. The fourth-order valence-corrected chi connectivity index (χ4v) is 4.01. The molecule has 7 nitrogen and oxygen atoms in total. The first-order valence-electron chi connectivity index (χ1n) is 7.57. The van der Waals surface area contributed by atoms with Crippen molar-refractivity contribution in [2.24, 2.45) is 13.0 Å². The van der Waals surface area contributed by atoms with Crippen molar-refractivity contribution >= 4 is 15.8 Å². The maximum atomic E-state index is 12.0. The zero-order valence-electron chi connectivity index (χ0n) is 14.1. The predicted octanol–water partition coefficient (Wildman–Crippen LogP) is -0.0882. The standard InChI is InChI=1S/C15H25N3O4S/c1-11(19)12-5-14(17(4)6-12)8-18-7-13(15(20)9-18)10-23(21,22)16(2)3/h5-6,13,15,20H,7-10H2,1-4H3/t13-,15+/m0/s1. The number of Topliss-reactive ketones (excluding diaryl/α,β-unsaturated/α-hetero) is 1. The Kier molecular flexibility index (Phi) is 5.30. The molecule has 8 heteroatoms. The number of hydrogen-bond acceptors (Lipinski definition) is 5. The summed E-state index contributed by atoms with van der Waals surface area (Å²) in [6.45, 7) is 3.07. The molecule has 2 heterocycles. The molecule has 0 unspecified atom stereocenters. The van der Waals surface area contributed by atoms with Gasteiger partial charge in [-0.3, -0.25) is 9.69 Å². The Balaban J connectivity index is 2.03. The molecule has 0 aromatic carbocycles. The molecule has 2 rings (SSSR count). The number of rotatable bonds is 6. The molecule has 1 aromatic rings. The monoisotopic (exact) mass is 343 g/mol. The number of aryl methyl sites for hydroxylation is 1. The van der Waals surface area contributed by atoms with Crippen LogP contribution in [0.1, 0.15) is 23.0 Å². The number of ketones is 1. The molecule has 0 amide bonds. The second-order valence-corrected chi connectivity index (χ2v) is 8.70. The van der Waals surface area contributed by atoms with Gasteiger partial charge in [0.15, 0.2) is 5.78 Å². The van der Waals surface area contributed by atoms with Crippen LogP contribution in [0.5, 0.6) is 0 Å². The van der Waals surface area contributed by atoms with Gasteiger partial charge in [0.1, 0.15) is 0 Å². The SMILES string of the molecule is CC(=O)c1cc(CN2C[C@@H](CS(=O)(=O)N(C)C)[C@H](O)C2)n(C)c1. The summed E-state index contributed by atoms with van der Waals surface area (Å²) in [6, 6.07) is 1.85. The van der Waals surface area contributed by atoms with Crippen molar-refractivity contribution in [2.45, 2.75) is 19.6 Å². The van der Waals surface area contributed by atoms with E-state index in [1.54, 1.807) is 6.20 Å². The lowest BCUT2D eigenvalue weighted by Crippen LogP contribution is -2.33. The average Bonchev–Trinajstić information content (AvgIpc) is 2.94. The summed E-state index contributed by atoms with van der Waals surface area (Å²) in [6.07, 6.45) is 1.13. The van der Waals surface area contributed by atoms with Gasteiger partial charge in [0.05, 0.1) is 11.9 Å². The minimum Gasteiger partial charge on any atom is -0.391 e. The third-order valence-electron chi connectivity index (χ3n) is 4.36. The Morgan fingerprint density at radius 3 is 2.57 bits per heavy atom. The average molecular weight is 343 g/mol. The van der Waals surface area contributed by atoms with Crippen LogP contribution in [0.2, 0.25) is 0 Å². The van der Waals surface area contributed by atoms with Crippen LogP contribution >= 0.6 is 0 Å². The van der Waals surface area contributed by atoms with Crippen LogP contribution in [0.3, 0.4) is 0 Å². The van der Waals surface area contributed by atoms with Gasteiger partial charge in [-0.25, -0.2) is 12.7 Å². The van der Waals surface area contributed by atoms with Gasteiger partial charge in [0, 0.05) is 64.1 Å². The van der Waals surface area contributed by atoms with E-state index in [4.69, 9.17) is 0 Å². The number of carbonyl (C=O) groups is 1. The highest BCUT2D eigenvalue weighted by Gasteiger charge is 2.35. The number of aromatic nitrogens is 1. The third-order valence-corrected chi connectivity index (χ3v) is 6.33. The molecule has 1 N–H and O–H groups in total. The van der Waals surface area contributed by atoms with Gasteiger partial charge in [-0.15, -0.1) is 0 Å². The molecule has 0 bridgehead atoms. The van der Waals surface area contributed by atoms with Crippen molar-refractivity contribution in [3.8, 4) is 0 Å². The first kappa shape index (κ1) is 18.1. The van der Waals surface area contributed by atoms with Gasteiger partial charge < -0.3 is 9.67 Å². The van der Waals surface area contributed by atoms with Crippen molar-refractivity contribution in [2.75, 3.05) is 32.9 Å². The maximum absolute atomic E-state index is 12.0. The number of aliphatic hydroxyl groups excluding tert-OH is 1. The lowest BCUT2D eigenvalue weighted by atomic mass is 10.1. The molecule has 1 saturated heterocycles. The second-order valence-electron chi connectivity index (χ2n) is 6.47. The Hall–Kier alpha value is -1.22. The minimum atomic E-state index is -3.33. The van der Waals surface area contributed by atoms with Crippen LogP contribution < -0.4 is 0 Å². The van der Waals surface area contributed by atoms with Gasteiger partial charge in [0.25, 0.3) is 0 Å². The Bertz CT molecular complexity index is 681. The number of carbonyl (C=O) groups excluding carboxylic acids is 1. The normalized spacial score (nSPS) is 22.9. The topological polar surface area (TPSA) is 82.8 Å². The number of sulfonamides is 1. The highest BCUT2D eigenvalue weighted by molar-refractivity contribution is 7.89. The van der Waals surface area contributed by atoms with E-state index in [0.717, 1.165) is 5.69 Å². The van der Waals surface area contributed by atoms with Gasteiger partial charge in [0.2, 0.25) is 10.0 Å². The summed E-state index contributed by atoms with van der Waals surface area (Å²) in [4.78, 5) is 13.5. The predicted molar refractivity (Wildman–Crippen MR) is 87.7 cm³/mol. The van der Waals surface area contributed by atoms with E-state index < -0.39 is 16.1 Å². The van der Waals surface area contributed by atoms with Crippen molar-refractivity contribution in [1.29, 1.82) is 0 Å². The quantitative estimate of drug-likeness (QED) is 0.730. The first-order chi connectivity index (χ1) is 10.6. The molecule has 2 atom stereocenters. The van der Waals surface area contributed by atoms with E-state index in [2.05, 4.69) is 0 Å². The van der Waals surface area contributed by atoms with Crippen LogP contribution in [0, 0.1) is 5.92 Å². The van der Waals surface area contributed by atoms with Gasteiger partial charge >= 0.3 is 0 Å². The van der Waals surface area contributed by atoms with E-state index in [1.165, 1.54) is 25.3 Å². The minimum absolute atomic E-state index is 0.0169.